The van der Waals surface area contributed by atoms with Gasteiger partial charge in [0, 0.05) is 37.6 Å². The van der Waals surface area contributed by atoms with E-state index in [9.17, 15) is 15.0 Å². The normalized spacial score (nSPS) is 26.9. The van der Waals surface area contributed by atoms with Crippen LogP contribution in [0.3, 0.4) is 0 Å². The fourth-order valence-corrected chi connectivity index (χ4v) is 4.16. The Morgan fingerprint density at radius 3 is 2.80 bits per heavy atom. The number of benzene rings is 1. The summed E-state index contributed by atoms with van der Waals surface area (Å²) in [4.78, 5) is 11.7. The second-order valence-corrected chi connectivity index (χ2v) is 8.22. The molecule has 0 fully saturated rings. The van der Waals surface area contributed by atoms with E-state index in [4.69, 9.17) is 9.47 Å². The summed E-state index contributed by atoms with van der Waals surface area (Å²) in [5.41, 5.74) is 0.785. The van der Waals surface area contributed by atoms with Gasteiger partial charge in [-0.1, -0.05) is 18.9 Å². The SMILES string of the molecule is CC[C@]1(CNC)C#CC[C@@H](Cc2ccc(O)c(OC)c2)[C@@H](OC(C)=O)C[C@@H](O)CC1. The second-order valence-electron chi connectivity index (χ2n) is 8.22. The molecule has 0 spiro atoms. The van der Waals surface area contributed by atoms with Crippen LogP contribution in [0.25, 0.3) is 0 Å². The first-order chi connectivity index (χ1) is 14.3. The smallest absolute Gasteiger partial charge is 0.302 e. The molecule has 30 heavy (non-hydrogen) atoms. The lowest BCUT2D eigenvalue weighted by atomic mass is 9.77. The monoisotopic (exact) mass is 417 g/mol. The van der Waals surface area contributed by atoms with E-state index in [1.807, 2.05) is 13.1 Å². The lowest BCUT2D eigenvalue weighted by Crippen LogP contribution is -2.35. The minimum atomic E-state index is -0.561. The molecule has 1 aromatic carbocycles. The Hall–Kier alpha value is -2.23. The molecule has 0 saturated heterocycles. The number of aromatic hydroxyl groups is 1. The molecule has 0 unspecified atom stereocenters. The quantitative estimate of drug-likeness (QED) is 0.467. The zero-order valence-electron chi connectivity index (χ0n) is 18.5. The van der Waals surface area contributed by atoms with Crippen LogP contribution in [0.2, 0.25) is 0 Å². The number of phenols is 1. The average Bonchev–Trinajstić information content (AvgIpc) is 2.71. The van der Waals surface area contributed by atoms with Gasteiger partial charge in [0.25, 0.3) is 0 Å². The Morgan fingerprint density at radius 2 is 2.17 bits per heavy atom. The number of hydrogen-bond donors (Lipinski definition) is 3. The topological polar surface area (TPSA) is 88.0 Å². The van der Waals surface area contributed by atoms with Crippen molar-refractivity contribution >= 4 is 5.97 Å². The summed E-state index contributed by atoms with van der Waals surface area (Å²) in [6.45, 7) is 4.30. The first-order valence-corrected chi connectivity index (χ1v) is 10.7. The van der Waals surface area contributed by atoms with Crippen molar-refractivity contribution in [2.45, 2.75) is 64.6 Å². The Labute approximate surface area is 180 Å². The number of esters is 1. The van der Waals surface area contributed by atoms with Gasteiger partial charge in [-0.05, 0) is 50.4 Å². The van der Waals surface area contributed by atoms with Crippen molar-refractivity contribution in [3.8, 4) is 23.3 Å². The molecule has 0 heterocycles. The minimum Gasteiger partial charge on any atom is -0.504 e. The molecule has 1 aromatic rings. The average molecular weight is 418 g/mol. The van der Waals surface area contributed by atoms with Crippen LogP contribution in [0, 0.1) is 23.2 Å². The van der Waals surface area contributed by atoms with Crippen molar-refractivity contribution in [2.24, 2.45) is 11.3 Å². The van der Waals surface area contributed by atoms with Crippen LogP contribution in [0.1, 0.15) is 51.5 Å². The Morgan fingerprint density at radius 1 is 1.40 bits per heavy atom. The maximum absolute atomic E-state index is 11.7. The van der Waals surface area contributed by atoms with Gasteiger partial charge in [0.15, 0.2) is 11.5 Å². The van der Waals surface area contributed by atoms with Crippen molar-refractivity contribution in [1.82, 2.24) is 5.32 Å². The van der Waals surface area contributed by atoms with E-state index in [0.717, 1.165) is 24.9 Å². The zero-order valence-corrected chi connectivity index (χ0v) is 18.5. The summed E-state index contributed by atoms with van der Waals surface area (Å²) in [5, 5.41) is 23.8. The molecule has 1 aliphatic carbocycles. The lowest BCUT2D eigenvalue weighted by Gasteiger charge is -2.32. The van der Waals surface area contributed by atoms with E-state index in [0.29, 0.717) is 31.4 Å². The lowest BCUT2D eigenvalue weighted by molar-refractivity contribution is -0.151. The molecule has 6 heteroatoms. The van der Waals surface area contributed by atoms with Crippen molar-refractivity contribution in [3.63, 3.8) is 0 Å². The van der Waals surface area contributed by atoms with Gasteiger partial charge in [-0.3, -0.25) is 4.79 Å². The summed E-state index contributed by atoms with van der Waals surface area (Å²) in [7, 11) is 3.43. The number of phenolic OH excluding ortho intramolecular Hbond substituents is 1. The van der Waals surface area contributed by atoms with E-state index in [-0.39, 0.29) is 23.1 Å². The fraction of sp³-hybridized carbons (Fsp3) is 0.625. The molecular weight excluding hydrogens is 382 g/mol. The predicted molar refractivity (Wildman–Crippen MR) is 116 cm³/mol. The number of methoxy groups -OCH3 is 1. The highest BCUT2D eigenvalue weighted by atomic mass is 16.5. The highest BCUT2D eigenvalue weighted by Crippen LogP contribution is 2.33. The van der Waals surface area contributed by atoms with Crippen molar-refractivity contribution in [3.05, 3.63) is 23.8 Å². The summed E-state index contributed by atoms with van der Waals surface area (Å²) in [5.74, 6) is 6.89. The van der Waals surface area contributed by atoms with Crippen molar-refractivity contribution in [2.75, 3.05) is 20.7 Å². The summed E-state index contributed by atoms with van der Waals surface area (Å²) in [6, 6.07) is 5.23. The van der Waals surface area contributed by atoms with E-state index in [2.05, 4.69) is 24.1 Å². The number of aliphatic hydroxyl groups is 1. The number of hydrogen-bond acceptors (Lipinski definition) is 6. The van der Waals surface area contributed by atoms with Gasteiger partial charge in [0.1, 0.15) is 6.10 Å². The van der Waals surface area contributed by atoms with Gasteiger partial charge in [-0.25, -0.2) is 0 Å². The number of rotatable bonds is 7. The first kappa shape index (κ1) is 24.0. The largest absolute Gasteiger partial charge is 0.504 e. The predicted octanol–water partition coefficient (Wildman–Crippen LogP) is 3.05. The first-order valence-electron chi connectivity index (χ1n) is 10.7. The molecule has 166 valence electrons. The highest BCUT2D eigenvalue weighted by Gasteiger charge is 2.31. The van der Waals surface area contributed by atoms with Crippen LogP contribution in [0.15, 0.2) is 18.2 Å². The number of ether oxygens (including phenoxy) is 2. The number of carbonyl (C=O) groups is 1. The number of carbonyl (C=O) groups excluding carboxylic acids is 1. The fourth-order valence-electron chi connectivity index (χ4n) is 4.16. The van der Waals surface area contributed by atoms with Gasteiger partial charge in [0.05, 0.1) is 13.2 Å². The van der Waals surface area contributed by atoms with Gasteiger partial charge in [-0.2, -0.15) is 0 Å². The molecule has 0 bridgehead atoms. The van der Waals surface area contributed by atoms with Gasteiger partial charge in [0.2, 0.25) is 0 Å². The van der Waals surface area contributed by atoms with E-state index in [1.165, 1.54) is 14.0 Å². The van der Waals surface area contributed by atoms with E-state index in [1.54, 1.807) is 12.1 Å². The third-order valence-electron chi connectivity index (χ3n) is 5.96. The van der Waals surface area contributed by atoms with E-state index >= 15 is 0 Å². The minimum absolute atomic E-state index is 0.0764. The molecular formula is C24H35NO5. The van der Waals surface area contributed by atoms with Crippen molar-refractivity contribution < 1.29 is 24.5 Å². The Balaban J connectivity index is 2.36. The highest BCUT2D eigenvalue weighted by molar-refractivity contribution is 5.66. The molecule has 3 N–H and O–H groups in total. The maximum atomic E-state index is 11.7. The van der Waals surface area contributed by atoms with Crippen LogP contribution in [-0.4, -0.2) is 49.1 Å². The van der Waals surface area contributed by atoms with Crippen LogP contribution < -0.4 is 10.1 Å². The third kappa shape index (κ3) is 6.65. The van der Waals surface area contributed by atoms with Gasteiger partial charge in [-0.15, -0.1) is 5.92 Å². The molecule has 0 amide bonds. The summed E-state index contributed by atoms with van der Waals surface area (Å²) in [6.07, 6.45) is 2.87. The molecule has 6 nitrogen and oxygen atoms in total. The molecule has 1 aliphatic rings. The van der Waals surface area contributed by atoms with Crippen molar-refractivity contribution in [1.29, 1.82) is 0 Å². The van der Waals surface area contributed by atoms with Gasteiger partial charge < -0.3 is 25.0 Å². The second kappa shape index (κ2) is 11.2. The standard InChI is InChI=1S/C24H35NO5/c1-5-24(16-25-3)11-6-7-19(13-18-8-9-21(28)23(14-18)29-4)22(30-17(2)26)15-20(27)10-12-24/h8-9,14,19-20,22,25,27-28H,5,7,10,12-13,15-16H2,1-4H3/t19-,20-,22-,24-/m0/s1. The maximum Gasteiger partial charge on any atom is 0.302 e. The number of aliphatic hydroxyl groups excluding tert-OH is 1. The van der Waals surface area contributed by atoms with Crippen LogP contribution in [0.5, 0.6) is 11.5 Å². The number of nitrogens with one attached hydrogen (secondary N) is 1. The van der Waals surface area contributed by atoms with Crippen LogP contribution in [0.4, 0.5) is 0 Å². The zero-order chi connectivity index (χ0) is 22.1. The summed E-state index contributed by atoms with van der Waals surface area (Å²) < 4.78 is 10.8. The third-order valence-corrected chi connectivity index (χ3v) is 5.96. The molecule has 0 radical (unpaired) electrons. The molecule has 0 saturated carbocycles. The van der Waals surface area contributed by atoms with Crippen LogP contribution in [-0.2, 0) is 16.0 Å². The molecule has 0 aliphatic heterocycles. The van der Waals surface area contributed by atoms with Crippen LogP contribution >= 0.6 is 0 Å². The molecule has 2 rings (SSSR count). The summed E-state index contributed by atoms with van der Waals surface area (Å²) >= 11 is 0. The molecule has 4 atom stereocenters. The Kier molecular flexibility index (Phi) is 9.01. The van der Waals surface area contributed by atoms with Gasteiger partial charge >= 0.3 is 5.97 Å². The Bertz CT molecular complexity index is 769. The van der Waals surface area contributed by atoms with E-state index < -0.39 is 12.2 Å². The molecule has 0 aromatic heterocycles.